The molecule has 0 saturated carbocycles. The van der Waals surface area contributed by atoms with Crippen molar-refractivity contribution in [3.05, 3.63) is 52.0 Å². The van der Waals surface area contributed by atoms with Gasteiger partial charge in [0.05, 0.1) is 11.5 Å². The van der Waals surface area contributed by atoms with Gasteiger partial charge in [0.1, 0.15) is 11.7 Å². The van der Waals surface area contributed by atoms with Gasteiger partial charge in [-0.15, -0.1) is 11.3 Å². The number of Topliss-reactive ketones (excluding diaryl/α,β-unsaturated/α-hetero) is 1. The third-order valence-electron chi connectivity index (χ3n) is 9.38. The van der Waals surface area contributed by atoms with E-state index < -0.39 is 35.4 Å². The van der Waals surface area contributed by atoms with Gasteiger partial charge in [0.15, 0.2) is 10.8 Å². The van der Waals surface area contributed by atoms with Gasteiger partial charge in [0.2, 0.25) is 11.8 Å². The fourth-order valence-electron chi connectivity index (χ4n) is 5.91. The number of benzene rings is 1. The molecule has 5 atom stereocenters. The minimum Gasteiger partial charge on any atom is -0.481 e. The minimum absolute atomic E-state index is 0.0199. The van der Waals surface area contributed by atoms with Gasteiger partial charge in [0, 0.05) is 23.9 Å². The summed E-state index contributed by atoms with van der Waals surface area (Å²) in [5.41, 5.74) is -0.0434. The van der Waals surface area contributed by atoms with Crippen molar-refractivity contribution in [2.75, 3.05) is 13.6 Å². The molecule has 3 amide bonds. The van der Waals surface area contributed by atoms with E-state index >= 15 is 0 Å². The van der Waals surface area contributed by atoms with E-state index in [1.54, 1.807) is 13.8 Å². The molecule has 0 aliphatic carbocycles. The van der Waals surface area contributed by atoms with Crippen molar-refractivity contribution in [3.8, 4) is 0 Å². The van der Waals surface area contributed by atoms with Crippen molar-refractivity contribution in [2.24, 2.45) is 17.3 Å². The Bertz CT molecular complexity index is 1410. The summed E-state index contributed by atoms with van der Waals surface area (Å²) < 4.78 is 0. The number of nitrogens with one attached hydrogen (secondary N) is 3. The van der Waals surface area contributed by atoms with Crippen molar-refractivity contribution < 1.29 is 29.1 Å². The van der Waals surface area contributed by atoms with Crippen LogP contribution in [0.15, 0.2) is 35.7 Å². The van der Waals surface area contributed by atoms with Crippen LogP contribution in [0.5, 0.6) is 0 Å². The zero-order valence-corrected chi connectivity index (χ0v) is 30.2. The highest BCUT2D eigenvalue weighted by molar-refractivity contribution is 7.11. The van der Waals surface area contributed by atoms with E-state index in [1.165, 1.54) is 5.38 Å². The number of rotatable bonds is 17. The van der Waals surface area contributed by atoms with E-state index in [0.717, 1.165) is 42.7 Å². The van der Waals surface area contributed by atoms with E-state index in [4.69, 9.17) is 0 Å². The first kappa shape index (κ1) is 38.8. The number of likely N-dealkylation sites (tertiary alicyclic amines) is 1. The smallest absolute Gasteiger partial charge is 0.309 e. The second-order valence-corrected chi connectivity index (χ2v) is 15.0. The molecule has 1 aromatic heterocycles. The number of nitrogens with zero attached hydrogens (tertiary/aromatic N) is 2. The van der Waals surface area contributed by atoms with Gasteiger partial charge in [-0.3, -0.25) is 28.9 Å². The van der Waals surface area contributed by atoms with Crippen LogP contribution in [-0.2, 0) is 20.8 Å². The summed E-state index contributed by atoms with van der Waals surface area (Å²) in [6.45, 7) is 11.8. The summed E-state index contributed by atoms with van der Waals surface area (Å²) in [6.07, 6.45) is 4.07. The lowest BCUT2D eigenvalue weighted by Crippen LogP contribution is -2.57. The highest BCUT2D eigenvalue weighted by atomic mass is 32.1. The number of piperidine rings is 1. The Morgan fingerprint density at radius 3 is 2.33 bits per heavy atom. The monoisotopic (exact) mass is 683 g/mol. The van der Waals surface area contributed by atoms with E-state index in [2.05, 4.69) is 20.9 Å². The predicted octanol–water partition coefficient (Wildman–Crippen LogP) is 4.71. The molecule has 2 heterocycles. The largest absolute Gasteiger partial charge is 0.481 e. The maximum atomic E-state index is 13.6. The highest BCUT2D eigenvalue weighted by Gasteiger charge is 2.34. The lowest BCUT2D eigenvalue weighted by molar-refractivity contribution is -0.147. The normalized spacial score (nSPS) is 18.0. The number of hydrogen-bond donors (Lipinski definition) is 4. The summed E-state index contributed by atoms with van der Waals surface area (Å²) in [5.74, 6) is -2.43. The van der Waals surface area contributed by atoms with Gasteiger partial charge in [-0.25, -0.2) is 4.98 Å². The van der Waals surface area contributed by atoms with Crippen LogP contribution in [0.25, 0.3) is 0 Å². The molecule has 1 aliphatic rings. The maximum absolute atomic E-state index is 13.6. The van der Waals surface area contributed by atoms with Crippen LogP contribution in [0.3, 0.4) is 0 Å². The van der Waals surface area contributed by atoms with Crippen molar-refractivity contribution in [3.63, 3.8) is 0 Å². The van der Waals surface area contributed by atoms with Gasteiger partial charge >= 0.3 is 5.97 Å². The molecule has 1 aromatic carbocycles. The first-order chi connectivity index (χ1) is 22.6. The summed E-state index contributed by atoms with van der Waals surface area (Å²) in [6, 6.07) is 7.51. The fraction of sp³-hybridized carbons (Fsp3) is 0.611. The number of aromatic nitrogens is 1. The molecule has 11 nitrogen and oxygen atoms in total. The fourth-order valence-corrected chi connectivity index (χ4v) is 6.66. The van der Waals surface area contributed by atoms with Gasteiger partial charge in [-0.2, -0.15) is 0 Å². The quantitative estimate of drug-likeness (QED) is 0.175. The van der Waals surface area contributed by atoms with Crippen LogP contribution in [-0.4, -0.2) is 82.2 Å². The lowest BCUT2D eigenvalue weighted by Gasteiger charge is -2.34. The molecule has 0 spiro atoms. The van der Waals surface area contributed by atoms with Crippen LogP contribution < -0.4 is 16.0 Å². The number of likely N-dealkylation sites (N-methyl/N-ethyl adjacent to an activating group) is 1. The molecule has 4 N–H and O–H groups in total. The zero-order valence-electron chi connectivity index (χ0n) is 29.4. The summed E-state index contributed by atoms with van der Waals surface area (Å²) in [7, 11) is 1.93. The number of thiazole rings is 1. The standard InChI is InChI=1S/C36H53N5O6S/c1-8-23(4)30(40-32(44)28-16-12-13-17-41(28)7)33(45)38-26(22(2)3)19-29(42)34-39-27(21-48-34)31(43)37-25(20-36(5,6)35(46)47)18-24-14-10-9-11-15-24/h9-11,14-15,21-23,25-26,28,30H,8,12-13,16-20H2,1-7H3,(H,37,43)(H,38,45)(H,40,44)(H,46,47)/t23?,25-,26+,28+,30-/m0/s1. The van der Waals surface area contributed by atoms with Crippen molar-refractivity contribution >= 4 is 40.8 Å². The third kappa shape index (κ3) is 10.9. The number of hydrogen-bond acceptors (Lipinski definition) is 8. The first-order valence-corrected chi connectivity index (χ1v) is 17.9. The average molecular weight is 684 g/mol. The van der Waals surface area contributed by atoms with Crippen LogP contribution in [0.2, 0.25) is 0 Å². The van der Waals surface area contributed by atoms with Crippen LogP contribution in [0.4, 0.5) is 0 Å². The van der Waals surface area contributed by atoms with Gasteiger partial charge in [-0.1, -0.05) is 70.9 Å². The van der Waals surface area contributed by atoms with Gasteiger partial charge < -0.3 is 21.1 Å². The maximum Gasteiger partial charge on any atom is 0.309 e. The molecular formula is C36H53N5O6S. The zero-order chi connectivity index (χ0) is 35.6. The number of amides is 3. The molecule has 48 heavy (non-hydrogen) atoms. The van der Waals surface area contributed by atoms with Crippen molar-refractivity contribution in [1.29, 1.82) is 0 Å². The number of carboxylic acid groups (broad SMARTS) is 1. The Kier molecular flexibility index (Phi) is 14.3. The van der Waals surface area contributed by atoms with E-state index in [0.29, 0.717) is 12.8 Å². The number of ketones is 1. The molecule has 1 fully saturated rings. The predicted molar refractivity (Wildman–Crippen MR) is 187 cm³/mol. The third-order valence-corrected chi connectivity index (χ3v) is 10.3. The van der Waals surface area contributed by atoms with Gasteiger partial charge in [-0.05, 0) is 70.5 Å². The molecule has 1 aliphatic heterocycles. The number of aliphatic carboxylic acids is 1. The number of carboxylic acids is 1. The van der Waals surface area contributed by atoms with E-state index in [1.807, 2.05) is 70.0 Å². The molecule has 264 valence electrons. The van der Waals surface area contributed by atoms with Crippen molar-refractivity contribution in [2.45, 2.75) is 111 Å². The molecule has 3 rings (SSSR count). The van der Waals surface area contributed by atoms with E-state index in [-0.39, 0.29) is 59.0 Å². The Hall–Kier alpha value is -3.64. The molecule has 0 bridgehead atoms. The molecule has 1 unspecified atom stereocenters. The Morgan fingerprint density at radius 1 is 1.04 bits per heavy atom. The highest BCUT2D eigenvalue weighted by Crippen LogP contribution is 2.25. The Morgan fingerprint density at radius 2 is 1.73 bits per heavy atom. The van der Waals surface area contributed by atoms with Crippen LogP contribution >= 0.6 is 11.3 Å². The molecule has 12 heteroatoms. The average Bonchev–Trinajstić information content (AvgIpc) is 3.54. The molecule has 0 radical (unpaired) electrons. The number of carbonyl (C=O) groups excluding carboxylic acids is 4. The second-order valence-electron chi connectivity index (χ2n) is 14.1. The van der Waals surface area contributed by atoms with Gasteiger partial charge in [0.25, 0.3) is 5.91 Å². The first-order valence-electron chi connectivity index (χ1n) is 17.0. The lowest BCUT2D eigenvalue weighted by atomic mass is 9.84. The molecule has 2 aromatic rings. The van der Waals surface area contributed by atoms with Crippen LogP contribution in [0.1, 0.15) is 106 Å². The molecular weight excluding hydrogens is 630 g/mol. The summed E-state index contributed by atoms with van der Waals surface area (Å²) in [4.78, 5) is 71.7. The van der Waals surface area contributed by atoms with Crippen LogP contribution in [0, 0.1) is 17.3 Å². The number of carbonyl (C=O) groups is 5. The minimum atomic E-state index is -1.07. The second kappa shape index (κ2) is 17.7. The topological polar surface area (TPSA) is 158 Å². The SMILES string of the molecule is CCC(C)[C@H](NC(=O)[C@H]1CCCCN1C)C(=O)N[C@H](CC(=O)c1nc(C(=O)N[C@@H](Cc2ccccc2)CC(C)(C)C(=O)O)cs1)C(C)C. The Balaban J connectivity index is 1.68. The summed E-state index contributed by atoms with van der Waals surface area (Å²) >= 11 is 1.06. The van der Waals surface area contributed by atoms with E-state index in [9.17, 15) is 29.1 Å². The molecule has 1 saturated heterocycles. The summed E-state index contributed by atoms with van der Waals surface area (Å²) in [5, 5.41) is 20.3. The Labute approximate surface area is 288 Å². The van der Waals surface area contributed by atoms with Crippen molar-refractivity contribution in [1.82, 2.24) is 25.8 Å².